The predicted molar refractivity (Wildman–Crippen MR) is 47.0 cm³/mol. The molecule has 3 nitrogen and oxygen atoms in total. The molecule has 0 aliphatic rings. The number of benzene rings is 1. The fourth-order valence-corrected chi connectivity index (χ4v) is 1.48. The molecule has 1 aromatic carbocycles. The SMILES string of the molecule is CNc1ccc2snnc2c1. The van der Waals surface area contributed by atoms with E-state index in [4.69, 9.17) is 0 Å². The van der Waals surface area contributed by atoms with Crippen molar-refractivity contribution in [1.82, 2.24) is 9.59 Å². The number of hydrogen-bond donors (Lipinski definition) is 1. The van der Waals surface area contributed by atoms with Crippen molar-refractivity contribution in [3.63, 3.8) is 0 Å². The van der Waals surface area contributed by atoms with Gasteiger partial charge in [0.25, 0.3) is 0 Å². The predicted octanol–water partition coefficient (Wildman–Crippen LogP) is 1.73. The fourth-order valence-electron chi connectivity index (χ4n) is 0.937. The van der Waals surface area contributed by atoms with E-state index < -0.39 is 0 Å². The van der Waals surface area contributed by atoms with Crippen LogP contribution in [-0.4, -0.2) is 16.6 Å². The summed E-state index contributed by atoms with van der Waals surface area (Å²) in [5, 5.41) is 7.00. The van der Waals surface area contributed by atoms with E-state index in [1.165, 1.54) is 11.5 Å². The number of hydrogen-bond acceptors (Lipinski definition) is 4. The van der Waals surface area contributed by atoms with Crippen LogP contribution in [-0.2, 0) is 0 Å². The normalized spacial score (nSPS) is 10.3. The molecule has 0 fully saturated rings. The molecule has 56 valence electrons. The smallest absolute Gasteiger partial charge is 0.108 e. The number of fused-ring (bicyclic) bond motifs is 1. The molecule has 0 bridgehead atoms. The topological polar surface area (TPSA) is 37.8 Å². The van der Waals surface area contributed by atoms with Gasteiger partial charge in [-0.25, -0.2) is 0 Å². The highest BCUT2D eigenvalue weighted by Gasteiger charge is 1.97. The van der Waals surface area contributed by atoms with E-state index in [1.54, 1.807) is 0 Å². The monoisotopic (exact) mass is 165 g/mol. The highest BCUT2D eigenvalue weighted by Crippen LogP contribution is 2.18. The standard InChI is InChI=1S/C7H7N3S/c1-8-5-2-3-7-6(4-5)9-10-11-7/h2-4,8H,1H3. The molecule has 2 aromatic rings. The van der Waals surface area contributed by atoms with Crippen LogP contribution in [0.15, 0.2) is 18.2 Å². The van der Waals surface area contributed by atoms with Crippen LogP contribution >= 0.6 is 11.5 Å². The van der Waals surface area contributed by atoms with Crippen LogP contribution in [0.3, 0.4) is 0 Å². The van der Waals surface area contributed by atoms with E-state index in [0.717, 1.165) is 15.9 Å². The number of anilines is 1. The third-order valence-corrected chi connectivity index (χ3v) is 2.24. The Labute approximate surface area is 68.2 Å². The van der Waals surface area contributed by atoms with Gasteiger partial charge in [-0.1, -0.05) is 4.49 Å². The maximum atomic E-state index is 3.96. The summed E-state index contributed by atoms with van der Waals surface area (Å²) in [7, 11) is 1.89. The van der Waals surface area contributed by atoms with Gasteiger partial charge >= 0.3 is 0 Å². The van der Waals surface area contributed by atoms with E-state index in [1.807, 2.05) is 25.2 Å². The van der Waals surface area contributed by atoms with Gasteiger partial charge in [0.15, 0.2) is 0 Å². The first-order valence-electron chi connectivity index (χ1n) is 3.30. The Bertz CT molecular complexity index is 368. The molecule has 11 heavy (non-hydrogen) atoms. The van der Waals surface area contributed by atoms with Crippen molar-refractivity contribution in [3.8, 4) is 0 Å². The summed E-state index contributed by atoms with van der Waals surface area (Å²) in [5.41, 5.74) is 2.03. The Morgan fingerprint density at radius 2 is 2.36 bits per heavy atom. The zero-order valence-electron chi connectivity index (χ0n) is 6.03. The summed E-state index contributed by atoms with van der Waals surface area (Å²) in [6, 6.07) is 6.02. The van der Waals surface area contributed by atoms with Crippen molar-refractivity contribution in [2.45, 2.75) is 0 Å². The van der Waals surface area contributed by atoms with Crippen LogP contribution in [0.5, 0.6) is 0 Å². The van der Waals surface area contributed by atoms with Gasteiger partial charge < -0.3 is 5.32 Å². The molecular weight excluding hydrogens is 158 g/mol. The quantitative estimate of drug-likeness (QED) is 0.699. The number of nitrogens with zero attached hydrogens (tertiary/aromatic N) is 2. The molecule has 0 saturated heterocycles. The molecule has 2 rings (SSSR count). The lowest BCUT2D eigenvalue weighted by molar-refractivity contribution is 1.20. The molecule has 0 atom stereocenters. The highest BCUT2D eigenvalue weighted by atomic mass is 32.1. The third-order valence-electron chi connectivity index (χ3n) is 1.54. The van der Waals surface area contributed by atoms with Gasteiger partial charge in [0.1, 0.15) is 5.52 Å². The second kappa shape index (κ2) is 2.47. The van der Waals surface area contributed by atoms with Crippen molar-refractivity contribution in [2.75, 3.05) is 12.4 Å². The molecule has 0 aliphatic heterocycles. The van der Waals surface area contributed by atoms with Gasteiger partial charge in [0.2, 0.25) is 0 Å². The van der Waals surface area contributed by atoms with Gasteiger partial charge in [-0.15, -0.1) is 5.10 Å². The molecule has 0 aliphatic carbocycles. The van der Waals surface area contributed by atoms with E-state index in [9.17, 15) is 0 Å². The molecule has 1 aromatic heterocycles. The number of aromatic nitrogens is 2. The summed E-state index contributed by atoms with van der Waals surface area (Å²) in [4.78, 5) is 0. The van der Waals surface area contributed by atoms with Crippen LogP contribution in [0.1, 0.15) is 0 Å². The molecule has 1 heterocycles. The zero-order chi connectivity index (χ0) is 7.68. The van der Waals surface area contributed by atoms with Crippen molar-refractivity contribution < 1.29 is 0 Å². The molecule has 0 radical (unpaired) electrons. The zero-order valence-corrected chi connectivity index (χ0v) is 6.85. The van der Waals surface area contributed by atoms with Gasteiger partial charge in [-0.05, 0) is 29.7 Å². The lowest BCUT2D eigenvalue weighted by Gasteiger charge is -1.96. The van der Waals surface area contributed by atoms with Crippen LogP contribution in [0, 0.1) is 0 Å². The third kappa shape index (κ3) is 1.05. The first-order valence-corrected chi connectivity index (χ1v) is 4.07. The minimum absolute atomic E-state index is 0.960. The lowest BCUT2D eigenvalue weighted by atomic mass is 10.3. The van der Waals surface area contributed by atoms with E-state index in [2.05, 4.69) is 14.9 Å². The van der Waals surface area contributed by atoms with Crippen LogP contribution in [0.2, 0.25) is 0 Å². The second-order valence-electron chi connectivity index (χ2n) is 2.21. The molecular formula is C7H7N3S. The average Bonchev–Trinajstić information content (AvgIpc) is 2.50. The highest BCUT2D eigenvalue weighted by molar-refractivity contribution is 7.12. The number of rotatable bonds is 1. The maximum absolute atomic E-state index is 3.96. The largest absolute Gasteiger partial charge is 0.388 e. The summed E-state index contributed by atoms with van der Waals surface area (Å²) in [6.07, 6.45) is 0. The molecule has 4 heteroatoms. The first kappa shape index (κ1) is 6.54. The Kier molecular flexibility index (Phi) is 1.47. The summed E-state index contributed by atoms with van der Waals surface area (Å²) in [5.74, 6) is 0. The van der Waals surface area contributed by atoms with E-state index >= 15 is 0 Å². The Hall–Kier alpha value is -1.16. The molecule has 1 N–H and O–H groups in total. The minimum atomic E-state index is 0.960. The van der Waals surface area contributed by atoms with Crippen molar-refractivity contribution in [1.29, 1.82) is 0 Å². The molecule has 0 saturated carbocycles. The average molecular weight is 165 g/mol. The van der Waals surface area contributed by atoms with Gasteiger partial charge in [0.05, 0.1) is 4.70 Å². The van der Waals surface area contributed by atoms with Crippen molar-refractivity contribution >= 4 is 27.4 Å². The van der Waals surface area contributed by atoms with Gasteiger partial charge in [-0.3, -0.25) is 0 Å². The summed E-state index contributed by atoms with van der Waals surface area (Å²) < 4.78 is 4.97. The number of nitrogens with one attached hydrogen (secondary N) is 1. The van der Waals surface area contributed by atoms with Crippen LogP contribution < -0.4 is 5.32 Å². The van der Waals surface area contributed by atoms with E-state index in [-0.39, 0.29) is 0 Å². The lowest BCUT2D eigenvalue weighted by Crippen LogP contribution is -1.85. The van der Waals surface area contributed by atoms with Crippen LogP contribution in [0.25, 0.3) is 10.2 Å². The fraction of sp³-hybridized carbons (Fsp3) is 0.143. The molecule has 0 unspecified atom stereocenters. The van der Waals surface area contributed by atoms with Crippen LogP contribution in [0.4, 0.5) is 5.69 Å². The summed E-state index contributed by atoms with van der Waals surface area (Å²) >= 11 is 1.42. The Balaban J connectivity index is 2.67. The van der Waals surface area contributed by atoms with Gasteiger partial charge in [0, 0.05) is 12.7 Å². The van der Waals surface area contributed by atoms with E-state index in [0.29, 0.717) is 0 Å². The Morgan fingerprint density at radius 1 is 1.45 bits per heavy atom. The maximum Gasteiger partial charge on any atom is 0.108 e. The first-order chi connectivity index (χ1) is 5.40. The van der Waals surface area contributed by atoms with Crippen molar-refractivity contribution in [3.05, 3.63) is 18.2 Å². The summed E-state index contributed by atoms with van der Waals surface area (Å²) in [6.45, 7) is 0. The Morgan fingerprint density at radius 3 is 3.18 bits per heavy atom. The van der Waals surface area contributed by atoms with Crippen molar-refractivity contribution in [2.24, 2.45) is 0 Å². The minimum Gasteiger partial charge on any atom is -0.388 e. The second-order valence-corrected chi connectivity index (χ2v) is 2.99. The molecule has 0 amide bonds. The van der Waals surface area contributed by atoms with Gasteiger partial charge in [-0.2, -0.15) is 0 Å². The molecule has 0 spiro atoms.